The molecule has 4 aromatic carbocycles. The lowest BCUT2D eigenvalue weighted by Crippen LogP contribution is -2.58. The first-order valence-corrected chi connectivity index (χ1v) is 39.4. The number of H-pyrrole nitrogens is 1. The van der Waals surface area contributed by atoms with Crippen molar-refractivity contribution in [1.29, 1.82) is 0 Å². The number of nitro groups is 1. The highest BCUT2D eigenvalue weighted by Crippen LogP contribution is 2.42. The van der Waals surface area contributed by atoms with E-state index in [1.807, 2.05) is 106 Å². The van der Waals surface area contributed by atoms with Gasteiger partial charge in [-0.3, -0.25) is 44.0 Å². The van der Waals surface area contributed by atoms with Gasteiger partial charge < -0.3 is 59.7 Å². The number of nitrogens with zero attached hydrogens (tertiary/aromatic N) is 9. The number of carbonyl (C=O) groups excluding carboxylic acids is 4. The fourth-order valence-corrected chi connectivity index (χ4v) is 16.3. The monoisotopic (exact) mass is 1520 g/mol. The van der Waals surface area contributed by atoms with Gasteiger partial charge in [-0.1, -0.05) is 68.8 Å². The normalized spacial score (nSPS) is 18.9. The molecule has 7 aromatic rings. The number of nitro benzene ring substituents is 1. The number of anilines is 4. The minimum Gasteiger partial charge on any atom is -0.476 e. The zero-order chi connectivity index (χ0) is 75.7. The smallest absolute Gasteiger partial charge is 0.293 e. The third-order valence-electron chi connectivity index (χ3n) is 20.4. The Kier molecular flexibility index (Phi) is 25.0. The van der Waals surface area contributed by atoms with Crippen LogP contribution in [0.1, 0.15) is 100 Å². The van der Waals surface area contributed by atoms with Gasteiger partial charge in [0.05, 0.1) is 94.5 Å². The van der Waals surface area contributed by atoms with Crippen molar-refractivity contribution >= 4 is 102 Å². The maximum atomic E-state index is 14.7. The summed E-state index contributed by atoms with van der Waals surface area (Å²) < 4.78 is 54.9. The van der Waals surface area contributed by atoms with Gasteiger partial charge in [-0.25, -0.2) is 18.1 Å². The molecule has 0 aliphatic carbocycles. The SMILES string of the molecule is Cc1ncsc1-c1ccc([C@H](C)NC(=O)[C@@H]2C[C@@H](O)CN2C(=O)[C@@H](NC(=O)CCOCCOCCN2CCN(CCNc3ccc(S(=O)(=O)NC(=O)c4ccc(N5CCN(CC6=C(c7ccc(Cl)cc7)CC(C)(C)OC6)CC5)cc4N4CCCOc5nc6[nH]ccc6cc54)cc3[N+](=O)[O-])CC2)C(C)(C)C)cc1. The highest BCUT2D eigenvalue weighted by molar-refractivity contribution is 7.90. The standard InChI is InChI=1S/C77H97ClN14O13S2/c1-50(52-9-11-54(12-10-52)69-51(2)81-49-106-69)82-73(96)66-43-59(93)47-91(66)75(97)70(76(3,4)5)83-68(94)22-37-102-39-40-103-38-35-87-29-27-86(28-30-87)26-24-79-63-20-18-60(44-65(63)92(98)99)107(100,101)85-72(95)61-19-17-58(42-64(61)90-25-8-36-104-74-67(90)41-55-21-23-80-71(55)84-74)89-33-31-88(32-34-89)46-56-48-105-77(6,7)45-62(56)53-13-15-57(78)16-14-53/h9-21,23,41-42,44,49-50,59,66,70,79,93H,8,22,24-40,43,45-48H2,1-7H3,(H,80,84)(H,82,96)(H,83,94)(H,85,95)/t50-,59+,66-,70+/m0/s1. The number of carbonyl (C=O) groups is 4. The molecule has 8 heterocycles. The van der Waals surface area contributed by atoms with E-state index < -0.39 is 60.9 Å². The number of rotatable bonds is 28. The number of amides is 4. The van der Waals surface area contributed by atoms with E-state index in [0.717, 1.165) is 96.6 Å². The number of ether oxygens (including phenoxy) is 4. The molecule has 0 unspecified atom stereocenters. The fraction of sp³-hybridized carbons (Fsp3) is 0.481. The van der Waals surface area contributed by atoms with Crippen LogP contribution in [-0.2, 0) is 38.6 Å². The molecule has 27 nitrogen and oxygen atoms in total. The number of aromatic amines is 1. The molecule has 3 saturated heterocycles. The van der Waals surface area contributed by atoms with E-state index in [1.165, 1.54) is 28.2 Å². The van der Waals surface area contributed by atoms with E-state index in [4.69, 9.17) is 35.5 Å². The average Bonchev–Trinajstić information content (AvgIpc) is 1.76. The van der Waals surface area contributed by atoms with Crippen LogP contribution in [0.3, 0.4) is 0 Å². The number of aliphatic hydroxyl groups is 1. The van der Waals surface area contributed by atoms with Gasteiger partial charge in [0.25, 0.3) is 21.6 Å². The van der Waals surface area contributed by atoms with E-state index in [1.54, 1.807) is 23.6 Å². The third-order valence-corrected chi connectivity index (χ3v) is 23.0. The van der Waals surface area contributed by atoms with E-state index >= 15 is 0 Å². The molecule has 5 aliphatic rings. The molecular weight excluding hydrogens is 1430 g/mol. The van der Waals surface area contributed by atoms with Crippen LogP contribution >= 0.6 is 22.9 Å². The van der Waals surface area contributed by atoms with Gasteiger partial charge in [0, 0.05) is 139 Å². The number of nitrogens with one attached hydrogen (secondary N) is 5. The number of β-amino-alcohol motifs (C(OH)–C–C–N with tert-alkyl or cyclic N) is 1. The van der Waals surface area contributed by atoms with E-state index in [9.17, 15) is 42.8 Å². The molecule has 4 atom stereocenters. The maximum absolute atomic E-state index is 14.7. The molecule has 107 heavy (non-hydrogen) atoms. The number of hydrogen-bond acceptors (Lipinski definition) is 22. The molecule has 12 rings (SSSR count). The second-order valence-corrected chi connectivity index (χ2v) is 32.7. The maximum Gasteiger partial charge on any atom is 0.293 e. The number of halogens is 1. The van der Waals surface area contributed by atoms with E-state index in [0.29, 0.717) is 100 Å². The molecule has 30 heteroatoms. The first kappa shape index (κ1) is 78.0. The minimum absolute atomic E-state index is 0.00659. The Balaban J connectivity index is 0.583. The van der Waals surface area contributed by atoms with Crippen LogP contribution in [0, 0.1) is 22.5 Å². The third kappa shape index (κ3) is 19.5. The molecule has 3 fully saturated rings. The van der Waals surface area contributed by atoms with Crippen molar-refractivity contribution in [2.75, 3.05) is 146 Å². The molecule has 0 spiro atoms. The molecule has 5 aliphatic heterocycles. The second-order valence-electron chi connectivity index (χ2n) is 29.7. The first-order chi connectivity index (χ1) is 51.2. The second kappa shape index (κ2) is 34.3. The van der Waals surface area contributed by atoms with Crippen molar-refractivity contribution in [2.45, 2.75) is 109 Å². The number of thiazole rings is 1. The predicted molar refractivity (Wildman–Crippen MR) is 413 cm³/mol. The van der Waals surface area contributed by atoms with Gasteiger partial charge in [0.2, 0.25) is 23.6 Å². The van der Waals surface area contributed by atoms with Crippen LogP contribution in [0.4, 0.5) is 28.4 Å². The van der Waals surface area contributed by atoms with Crippen molar-refractivity contribution in [3.05, 3.63) is 152 Å². The van der Waals surface area contributed by atoms with Gasteiger partial charge in [0.15, 0.2) is 0 Å². The summed E-state index contributed by atoms with van der Waals surface area (Å²) in [5.41, 5.74) is 9.56. The summed E-state index contributed by atoms with van der Waals surface area (Å²) >= 11 is 7.85. The molecular formula is C77H97ClN14O13S2. The molecule has 572 valence electrons. The summed E-state index contributed by atoms with van der Waals surface area (Å²) in [7, 11) is -4.67. The lowest BCUT2D eigenvalue weighted by molar-refractivity contribution is -0.384. The predicted octanol–water partition coefficient (Wildman–Crippen LogP) is 9.19. The van der Waals surface area contributed by atoms with Crippen LogP contribution in [0.25, 0.3) is 27.0 Å². The average molecular weight is 1530 g/mol. The minimum atomic E-state index is -4.67. The summed E-state index contributed by atoms with van der Waals surface area (Å²) in [5, 5.41) is 33.9. The molecule has 6 N–H and O–H groups in total. The zero-order valence-corrected chi connectivity index (χ0v) is 64.1. The summed E-state index contributed by atoms with van der Waals surface area (Å²) in [5.74, 6) is -1.78. The molecule has 4 amide bonds. The summed E-state index contributed by atoms with van der Waals surface area (Å²) in [6.45, 7) is 24.1. The number of aromatic nitrogens is 3. The molecule has 0 bridgehead atoms. The number of aliphatic hydroxyl groups excluding tert-OH is 1. The van der Waals surface area contributed by atoms with Crippen molar-refractivity contribution in [2.24, 2.45) is 5.41 Å². The van der Waals surface area contributed by atoms with Crippen LogP contribution in [-0.4, -0.2) is 232 Å². The van der Waals surface area contributed by atoms with Gasteiger partial charge in [0.1, 0.15) is 29.1 Å². The van der Waals surface area contributed by atoms with Gasteiger partial charge in [-0.2, -0.15) is 4.98 Å². The number of benzene rings is 4. The van der Waals surface area contributed by atoms with Crippen LogP contribution in [0.15, 0.2) is 119 Å². The van der Waals surface area contributed by atoms with Crippen molar-refractivity contribution in [3.63, 3.8) is 0 Å². The Morgan fingerprint density at radius 2 is 1.56 bits per heavy atom. The number of aryl methyl sites for hydroxylation is 1. The van der Waals surface area contributed by atoms with Crippen LogP contribution < -0.4 is 35.2 Å². The number of sulfonamides is 1. The Morgan fingerprint density at radius 3 is 2.27 bits per heavy atom. The Bertz CT molecular complexity index is 4480. The fourth-order valence-electron chi connectivity index (χ4n) is 14.4. The Labute approximate surface area is 633 Å². The van der Waals surface area contributed by atoms with E-state index in [-0.39, 0.29) is 67.3 Å². The van der Waals surface area contributed by atoms with Crippen LogP contribution in [0.5, 0.6) is 5.88 Å². The Morgan fingerprint density at radius 1 is 0.850 bits per heavy atom. The number of likely N-dealkylation sites (tertiary alicyclic amines) is 1. The number of fused-ring (bicyclic) bond motifs is 2. The summed E-state index contributed by atoms with van der Waals surface area (Å²) in [4.78, 5) is 93.3. The van der Waals surface area contributed by atoms with E-state index in [2.05, 4.69) is 76.2 Å². The van der Waals surface area contributed by atoms with Crippen molar-refractivity contribution in [1.82, 2.24) is 49.9 Å². The molecule has 0 radical (unpaired) electrons. The highest BCUT2D eigenvalue weighted by atomic mass is 35.5. The van der Waals surface area contributed by atoms with Crippen molar-refractivity contribution in [3.8, 4) is 16.3 Å². The van der Waals surface area contributed by atoms with Crippen molar-refractivity contribution < 1.29 is 56.6 Å². The molecule has 0 saturated carbocycles. The topological polar surface area (TPSA) is 312 Å². The largest absolute Gasteiger partial charge is 0.476 e. The zero-order valence-electron chi connectivity index (χ0n) is 61.7. The van der Waals surface area contributed by atoms with Gasteiger partial charge in [-0.15, -0.1) is 11.3 Å². The van der Waals surface area contributed by atoms with Crippen LogP contribution in [0.2, 0.25) is 5.02 Å². The number of hydrogen-bond donors (Lipinski definition) is 6. The summed E-state index contributed by atoms with van der Waals surface area (Å²) in [6, 6.07) is 26.4. The Hall–Kier alpha value is -8.62. The lowest BCUT2D eigenvalue weighted by atomic mass is 9.85. The van der Waals surface area contributed by atoms with Gasteiger partial charge in [-0.05, 0) is 122 Å². The first-order valence-electron chi connectivity index (χ1n) is 36.6. The number of piperazine rings is 2. The lowest BCUT2D eigenvalue weighted by Gasteiger charge is -2.39. The molecule has 3 aromatic heterocycles. The number of pyridine rings is 1. The van der Waals surface area contributed by atoms with Gasteiger partial charge >= 0.3 is 0 Å². The summed E-state index contributed by atoms with van der Waals surface area (Å²) in [6.07, 6.45) is 2.29. The highest BCUT2D eigenvalue weighted by Gasteiger charge is 2.45. The quantitative estimate of drug-likeness (QED) is 0.0151.